The zero-order valence-corrected chi connectivity index (χ0v) is 11.3. The molecule has 0 aliphatic carbocycles. The number of hydrogen-bond acceptors (Lipinski definition) is 4. The highest BCUT2D eigenvalue weighted by Crippen LogP contribution is 2.11. The lowest BCUT2D eigenvalue weighted by Crippen LogP contribution is -2.37. The number of aromatic nitrogens is 2. The van der Waals surface area contributed by atoms with Crippen molar-refractivity contribution >= 4 is 11.0 Å². The molecule has 0 aliphatic heterocycles. The van der Waals surface area contributed by atoms with E-state index in [9.17, 15) is 9.90 Å². The number of aliphatic hydroxyl groups is 1. The predicted molar refractivity (Wildman–Crippen MR) is 75.7 cm³/mol. The highest BCUT2D eigenvalue weighted by molar-refractivity contribution is 5.75. The van der Waals surface area contributed by atoms with Gasteiger partial charge in [-0.15, -0.1) is 0 Å². The molecule has 1 atom stereocenters. The van der Waals surface area contributed by atoms with Crippen LogP contribution in [0.2, 0.25) is 0 Å². The maximum atomic E-state index is 12.4. The standard InChI is InChI=1S/C14H19N3O2/c1-3-6-11-9-10-7-5-8-15-13(10)17(14(11)19)16-12(18)4-2/h5,7-9,12,16,18H,3-4,6H2,1-2H3. The topological polar surface area (TPSA) is 67.2 Å². The van der Waals surface area contributed by atoms with Gasteiger partial charge in [0.2, 0.25) is 0 Å². The van der Waals surface area contributed by atoms with E-state index in [1.54, 1.807) is 6.20 Å². The Kier molecular flexibility index (Phi) is 4.16. The maximum Gasteiger partial charge on any atom is 0.274 e. The van der Waals surface area contributed by atoms with Crippen LogP contribution in [0.25, 0.3) is 11.0 Å². The molecule has 2 rings (SSSR count). The van der Waals surface area contributed by atoms with Crippen LogP contribution in [0.5, 0.6) is 0 Å². The lowest BCUT2D eigenvalue weighted by Gasteiger charge is -2.17. The van der Waals surface area contributed by atoms with Gasteiger partial charge in [-0.2, -0.15) is 0 Å². The van der Waals surface area contributed by atoms with Crippen LogP contribution >= 0.6 is 0 Å². The van der Waals surface area contributed by atoms with Crippen LogP contribution < -0.4 is 11.0 Å². The molecule has 1 unspecified atom stereocenters. The smallest absolute Gasteiger partial charge is 0.274 e. The molecule has 2 aromatic rings. The van der Waals surface area contributed by atoms with Gasteiger partial charge in [-0.1, -0.05) is 20.3 Å². The molecule has 0 aromatic carbocycles. The van der Waals surface area contributed by atoms with Crippen LogP contribution in [0.4, 0.5) is 0 Å². The molecule has 0 amide bonds. The Bertz CT molecular complexity index is 622. The highest BCUT2D eigenvalue weighted by Gasteiger charge is 2.11. The van der Waals surface area contributed by atoms with Crippen molar-refractivity contribution in [3.8, 4) is 0 Å². The monoisotopic (exact) mass is 261 g/mol. The zero-order chi connectivity index (χ0) is 13.8. The van der Waals surface area contributed by atoms with Crippen molar-refractivity contribution in [2.75, 3.05) is 5.43 Å². The first-order valence-corrected chi connectivity index (χ1v) is 6.61. The van der Waals surface area contributed by atoms with Gasteiger partial charge in [0.1, 0.15) is 6.23 Å². The Hall–Kier alpha value is -1.88. The molecule has 102 valence electrons. The molecule has 0 radical (unpaired) electrons. The number of aryl methyl sites for hydroxylation is 1. The molecule has 0 fully saturated rings. The van der Waals surface area contributed by atoms with Crippen molar-refractivity contribution in [1.29, 1.82) is 0 Å². The SMILES string of the molecule is CCCc1cc2cccnc2n(NC(O)CC)c1=O. The summed E-state index contributed by atoms with van der Waals surface area (Å²) in [5.41, 5.74) is 3.94. The van der Waals surface area contributed by atoms with Crippen molar-refractivity contribution in [3.63, 3.8) is 0 Å². The molecular weight excluding hydrogens is 242 g/mol. The highest BCUT2D eigenvalue weighted by atomic mass is 16.3. The van der Waals surface area contributed by atoms with E-state index < -0.39 is 6.23 Å². The van der Waals surface area contributed by atoms with Crippen molar-refractivity contribution in [3.05, 3.63) is 40.3 Å². The summed E-state index contributed by atoms with van der Waals surface area (Å²) in [5, 5.41) is 10.6. The summed E-state index contributed by atoms with van der Waals surface area (Å²) in [6.07, 6.45) is 3.00. The van der Waals surface area contributed by atoms with Gasteiger partial charge in [0, 0.05) is 17.1 Å². The minimum atomic E-state index is -0.764. The third-order valence-corrected chi connectivity index (χ3v) is 3.02. The van der Waals surface area contributed by atoms with Crippen LogP contribution in [-0.4, -0.2) is 21.0 Å². The zero-order valence-electron chi connectivity index (χ0n) is 11.3. The van der Waals surface area contributed by atoms with Crippen LogP contribution in [0.3, 0.4) is 0 Å². The normalized spacial score (nSPS) is 12.6. The van der Waals surface area contributed by atoms with Crippen LogP contribution in [-0.2, 0) is 6.42 Å². The van der Waals surface area contributed by atoms with E-state index in [0.29, 0.717) is 18.5 Å². The largest absolute Gasteiger partial charge is 0.372 e. The van der Waals surface area contributed by atoms with Crippen molar-refractivity contribution in [1.82, 2.24) is 9.66 Å². The van der Waals surface area contributed by atoms with E-state index in [1.165, 1.54) is 4.68 Å². The molecule has 0 bridgehead atoms. The van der Waals surface area contributed by atoms with E-state index in [-0.39, 0.29) is 5.56 Å². The fourth-order valence-electron chi connectivity index (χ4n) is 2.01. The van der Waals surface area contributed by atoms with E-state index >= 15 is 0 Å². The number of aliphatic hydroxyl groups excluding tert-OH is 1. The maximum absolute atomic E-state index is 12.4. The van der Waals surface area contributed by atoms with Gasteiger partial charge >= 0.3 is 0 Å². The number of hydrogen-bond donors (Lipinski definition) is 2. The molecule has 2 N–H and O–H groups in total. The average molecular weight is 261 g/mol. The van der Waals surface area contributed by atoms with Gasteiger partial charge in [0.05, 0.1) is 0 Å². The molecule has 0 saturated heterocycles. The van der Waals surface area contributed by atoms with E-state index in [4.69, 9.17) is 0 Å². The number of nitrogens with zero attached hydrogens (tertiary/aromatic N) is 2. The van der Waals surface area contributed by atoms with E-state index in [1.807, 2.05) is 32.0 Å². The minimum Gasteiger partial charge on any atom is -0.372 e. The van der Waals surface area contributed by atoms with Crippen LogP contribution in [0, 0.1) is 0 Å². The van der Waals surface area contributed by atoms with Gasteiger partial charge in [-0.05, 0) is 31.0 Å². The fourth-order valence-corrected chi connectivity index (χ4v) is 2.01. The Labute approximate surface area is 111 Å². The number of nitrogens with one attached hydrogen (secondary N) is 1. The lowest BCUT2D eigenvalue weighted by molar-refractivity contribution is 0.184. The summed E-state index contributed by atoms with van der Waals surface area (Å²) >= 11 is 0. The summed E-state index contributed by atoms with van der Waals surface area (Å²) in [4.78, 5) is 16.6. The second kappa shape index (κ2) is 5.84. The quantitative estimate of drug-likeness (QED) is 0.803. The first-order valence-electron chi connectivity index (χ1n) is 6.61. The summed E-state index contributed by atoms with van der Waals surface area (Å²) < 4.78 is 1.36. The molecule has 19 heavy (non-hydrogen) atoms. The second-order valence-corrected chi connectivity index (χ2v) is 4.53. The molecule has 0 aliphatic rings. The first-order chi connectivity index (χ1) is 9.17. The Morgan fingerprint density at radius 3 is 2.95 bits per heavy atom. The molecule has 5 heteroatoms. The Balaban J connectivity index is 2.62. The fraction of sp³-hybridized carbons (Fsp3) is 0.429. The summed E-state index contributed by atoms with van der Waals surface area (Å²) in [6.45, 7) is 3.87. The second-order valence-electron chi connectivity index (χ2n) is 4.53. The Morgan fingerprint density at radius 1 is 1.47 bits per heavy atom. The molecule has 2 heterocycles. The predicted octanol–water partition coefficient (Wildman–Crippen LogP) is 1.62. The first kappa shape index (κ1) is 13.5. The van der Waals surface area contributed by atoms with Gasteiger partial charge in [-0.25, -0.2) is 9.66 Å². The number of pyridine rings is 2. The van der Waals surface area contributed by atoms with Crippen LogP contribution in [0.15, 0.2) is 29.2 Å². The van der Waals surface area contributed by atoms with Crippen molar-refractivity contribution < 1.29 is 5.11 Å². The van der Waals surface area contributed by atoms with Gasteiger partial charge < -0.3 is 5.11 Å². The Morgan fingerprint density at radius 2 is 2.26 bits per heavy atom. The molecule has 0 spiro atoms. The van der Waals surface area contributed by atoms with Gasteiger partial charge in [-0.3, -0.25) is 10.2 Å². The average Bonchev–Trinajstić information content (AvgIpc) is 2.43. The lowest BCUT2D eigenvalue weighted by atomic mass is 10.1. The number of fused-ring (bicyclic) bond motifs is 1. The summed E-state index contributed by atoms with van der Waals surface area (Å²) in [5.74, 6) is 0. The molecule has 5 nitrogen and oxygen atoms in total. The summed E-state index contributed by atoms with van der Waals surface area (Å²) in [7, 11) is 0. The summed E-state index contributed by atoms with van der Waals surface area (Å²) in [6, 6.07) is 5.63. The minimum absolute atomic E-state index is 0.138. The van der Waals surface area contributed by atoms with Gasteiger partial charge in [0.15, 0.2) is 5.65 Å². The van der Waals surface area contributed by atoms with Crippen molar-refractivity contribution in [2.24, 2.45) is 0 Å². The third kappa shape index (κ3) is 2.76. The van der Waals surface area contributed by atoms with E-state index in [2.05, 4.69) is 10.4 Å². The molecular formula is C14H19N3O2. The third-order valence-electron chi connectivity index (χ3n) is 3.02. The van der Waals surface area contributed by atoms with Gasteiger partial charge in [0.25, 0.3) is 5.56 Å². The van der Waals surface area contributed by atoms with Crippen molar-refractivity contribution in [2.45, 2.75) is 39.3 Å². The van der Waals surface area contributed by atoms with E-state index in [0.717, 1.165) is 17.4 Å². The number of rotatable bonds is 5. The molecule has 0 saturated carbocycles. The van der Waals surface area contributed by atoms with Crippen LogP contribution in [0.1, 0.15) is 32.3 Å². The molecule has 2 aromatic heterocycles.